The number of nitrogens with zero attached hydrogens (tertiary/aromatic N) is 2. The lowest BCUT2D eigenvalue weighted by Gasteiger charge is -2.35. The lowest BCUT2D eigenvalue weighted by atomic mass is 10.0. The van der Waals surface area contributed by atoms with Crippen molar-refractivity contribution in [2.24, 2.45) is 0 Å². The highest BCUT2D eigenvalue weighted by Gasteiger charge is 2.33. The van der Waals surface area contributed by atoms with E-state index < -0.39 is 11.7 Å². The van der Waals surface area contributed by atoms with Crippen LogP contribution in [0.2, 0.25) is 0 Å². The summed E-state index contributed by atoms with van der Waals surface area (Å²) in [5.41, 5.74) is 0.773. The Labute approximate surface area is 124 Å². The van der Waals surface area contributed by atoms with Crippen LogP contribution in [0.1, 0.15) is 29.5 Å². The van der Waals surface area contributed by atoms with Gasteiger partial charge in [-0.25, -0.2) is 0 Å². The first-order valence-corrected chi connectivity index (χ1v) is 7.33. The van der Waals surface area contributed by atoms with Crippen LogP contribution in [0.5, 0.6) is 0 Å². The zero-order chi connectivity index (χ0) is 15.6. The molecule has 118 valence electrons. The molecule has 0 bridgehead atoms. The fourth-order valence-electron chi connectivity index (χ4n) is 2.96. The predicted octanol–water partition coefficient (Wildman–Crippen LogP) is 3.54. The Bertz CT molecular complexity index is 475. The molecule has 21 heavy (non-hydrogen) atoms. The van der Waals surface area contributed by atoms with Gasteiger partial charge in [-0.15, -0.1) is 0 Å². The van der Waals surface area contributed by atoms with Crippen molar-refractivity contribution in [1.82, 2.24) is 9.80 Å². The molecule has 1 heterocycles. The Hall–Kier alpha value is -1.07. The third-order valence-corrected chi connectivity index (χ3v) is 4.25. The molecule has 5 heteroatoms. The van der Waals surface area contributed by atoms with Crippen molar-refractivity contribution in [3.8, 4) is 0 Å². The standard InChI is InChI=1S/C16H23F3N2/c1-12-4-5-15(16(17,18)19)13(10-12)11-21-8-6-14(7-9-21)20(2)3/h4-5,10,14H,6-9,11H2,1-3H3. The molecule has 2 rings (SSSR count). The summed E-state index contributed by atoms with van der Waals surface area (Å²) >= 11 is 0. The third-order valence-electron chi connectivity index (χ3n) is 4.25. The van der Waals surface area contributed by atoms with Crippen LogP contribution in [-0.2, 0) is 12.7 Å². The molecule has 1 aliphatic rings. The van der Waals surface area contributed by atoms with Gasteiger partial charge < -0.3 is 4.90 Å². The Morgan fingerprint density at radius 2 is 1.81 bits per heavy atom. The molecule has 1 aromatic carbocycles. The average Bonchev–Trinajstić information content (AvgIpc) is 2.38. The van der Waals surface area contributed by atoms with E-state index >= 15 is 0 Å². The normalized spacial score (nSPS) is 18.4. The molecule has 0 atom stereocenters. The Morgan fingerprint density at radius 3 is 2.33 bits per heavy atom. The lowest BCUT2D eigenvalue weighted by Crippen LogP contribution is -2.41. The van der Waals surface area contributed by atoms with Crippen molar-refractivity contribution >= 4 is 0 Å². The number of halogens is 3. The first-order valence-electron chi connectivity index (χ1n) is 7.33. The van der Waals surface area contributed by atoms with E-state index in [1.165, 1.54) is 12.1 Å². The Balaban J connectivity index is 2.08. The van der Waals surface area contributed by atoms with Gasteiger partial charge in [-0.2, -0.15) is 13.2 Å². The maximum absolute atomic E-state index is 13.1. The molecule has 1 aromatic rings. The van der Waals surface area contributed by atoms with Gasteiger partial charge in [0.15, 0.2) is 0 Å². The number of hydrogen-bond acceptors (Lipinski definition) is 2. The molecule has 0 aliphatic carbocycles. The van der Waals surface area contributed by atoms with Gasteiger partial charge >= 0.3 is 6.18 Å². The van der Waals surface area contributed by atoms with E-state index in [4.69, 9.17) is 0 Å². The van der Waals surface area contributed by atoms with Crippen molar-refractivity contribution in [2.75, 3.05) is 27.2 Å². The number of likely N-dealkylation sites (tertiary alicyclic amines) is 1. The quantitative estimate of drug-likeness (QED) is 0.842. The van der Waals surface area contributed by atoms with E-state index in [0.29, 0.717) is 18.2 Å². The summed E-state index contributed by atoms with van der Waals surface area (Å²) < 4.78 is 39.2. The zero-order valence-electron chi connectivity index (χ0n) is 12.9. The van der Waals surface area contributed by atoms with Crippen LogP contribution in [0.15, 0.2) is 18.2 Å². The molecule has 0 unspecified atom stereocenters. The van der Waals surface area contributed by atoms with E-state index in [-0.39, 0.29) is 0 Å². The van der Waals surface area contributed by atoms with Gasteiger partial charge in [0.25, 0.3) is 0 Å². The van der Waals surface area contributed by atoms with Gasteiger partial charge in [-0.1, -0.05) is 17.7 Å². The molecule has 1 fully saturated rings. The minimum atomic E-state index is -4.27. The van der Waals surface area contributed by atoms with Crippen LogP contribution in [-0.4, -0.2) is 43.0 Å². The summed E-state index contributed by atoms with van der Waals surface area (Å²) in [5, 5.41) is 0. The molecule has 1 aliphatic heterocycles. The van der Waals surface area contributed by atoms with Crippen LogP contribution in [0.25, 0.3) is 0 Å². The molecule has 0 saturated carbocycles. The Kier molecular flexibility index (Phi) is 4.94. The minimum Gasteiger partial charge on any atom is -0.306 e. The minimum absolute atomic E-state index is 0.386. The monoisotopic (exact) mass is 300 g/mol. The molecule has 0 spiro atoms. The Morgan fingerprint density at radius 1 is 1.19 bits per heavy atom. The van der Waals surface area contributed by atoms with Gasteiger partial charge in [-0.3, -0.25) is 4.90 Å². The smallest absolute Gasteiger partial charge is 0.306 e. The SMILES string of the molecule is Cc1ccc(C(F)(F)F)c(CN2CCC(N(C)C)CC2)c1. The molecule has 1 saturated heterocycles. The van der Waals surface area contributed by atoms with Gasteiger partial charge in [-0.05, 0) is 58.6 Å². The van der Waals surface area contributed by atoms with Crippen LogP contribution < -0.4 is 0 Å². The first kappa shape index (κ1) is 16.3. The summed E-state index contributed by atoms with van der Waals surface area (Å²) in [4.78, 5) is 4.33. The van der Waals surface area contributed by atoms with Gasteiger partial charge in [0, 0.05) is 12.6 Å². The van der Waals surface area contributed by atoms with Crippen molar-refractivity contribution in [3.63, 3.8) is 0 Å². The fourth-order valence-corrected chi connectivity index (χ4v) is 2.96. The van der Waals surface area contributed by atoms with Crippen molar-refractivity contribution < 1.29 is 13.2 Å². The highest BCUT2D eigenvalue weighted by atomic mass is 19.4. The zero-order valence-corrected chi connectivity index (χ0v) is 12.9. The fraction of sp³-hybridized carbons (Fsp3) is 0.625. The highest BCUT2D eigenvalue weighted by molar-refractivity contribution is 5.33. The maximum atomic E-state index is 13.1. The van der Waals surface area contributed by atoms with Crippen LogP contribution in [0.3, 0.4) is 0 Å². The number of rotatable bonds is 3. The van der Waals surface area contributed by atoms with Crippen LogP contribution in [0.4, 0.5) is 13.2 Å². The second-order valence-corrected chi connectivity index (χ2v) is 6.13. The summed E-state index contributed by atoms with van der Waals surface area (Å²) in [6.07, 6.45) is -2.24. The van der Waals surface area contributed by atoms with Crippen LogP contribution >= 0.6 is 0 Å². The average molecular weight is 300 g/mol. The van der Waals surface area contributed by atoms with Gasteiger partial charge in [0.1, 0.15) is 0 Å². The van der Waals surface area contributed by atoms with E-state index in [9.17, 15) is 13.2 Å². The van der Waals surface area contributed by atoms with Gasteiger partial charge in [0.05, 0.1) is 5.56 Å². The molecular weight excluding hydrogens is 277 g/mol. The molecule has 0 amide bonds. The highest BCUT2D eigenvalue weighted by Crippen LogP contribution is 2.33. The van der Waals surface area contributed by atoms with Crippen LogP contribution in [0, 0.1) is 6.92 Å². The summed E-state index contributed by atoms with van der Waals surface area (Å²) in [7, 11) is 4.12. The first-order chi connectivity index (χ1) is 9.77. The second-order valence-electron chi connectivity index (χ2n) is 6.13. The predicted molar refractivity (Wildman–Crippen MR) is 78.2 cm³/mol. The van der Waals surface area contributed by atoms with E-state index in [0.717, 1.165) is 31.5 Å². The molecule has 0 aromatic heterocycles. The number of hydrogen-bond donors (Lipinski definition) is 0. The molecule has 2 nitrogen and oxygen atoms in total. The van der Waals surface area contributed by atoms with Crippen molar-refractivity contribution in [3.05, 3.63) is 34.9 Å². The summed E-state index contributed by atoms with van der Waals surface area (Å²) in [5.74, 6) is 0. The summed E-state index contributed by atoms with van der Waals surface area (Å²) in [6, 6.07) is 4.95. The number of piperidine rings is 1. The van der Waals surface area contributed by atoms with E-state index in [1.807, 2.05) is 6.92 Å². The van der Waals surface area contributed by atoms with Gasteiger partial charge in [0.2, 0.25) is 0 Å². The second kappa shape index (κ2) is 6.36. The largest absolute Gasteiger partial charge is 0.416 e. The topological polar surface area (TPSA) is 6.48 Å². The molecule has 0 N–H and O–H groups in total. The van der Waals surface area contributed by atoms with Crippen molar-refractivity contribution in [1.29, 1.82) is 0 Å². The van der Waals surface area contributed by atoms with E-state index in [2.05, 4.69) is 23.9 Å². The lowest BCUT2D eigenvalue weighted by molar-refractivity contribution is -0.138. The van der Waals surface area contributed by atoms with E-state index in [1.54, 1.807) is 6.07 Å². The number of aryl methyl sites for hydroxylation is 1. The third kappa shape index (κ3) is 4.20. The van der Waals surface area contributed by atoms with Crippen molar-refractivity contribution in [2.45, 2.75) is 38.5 Å². The maximum Gasteiger partial charge on any atom is 0.416 e. The molecule has 0 radical (unpaired) electrons. The number of benzene rings is 1. The summed E-state index contributed by atoms with van der Waals surface area (Å²) in [6.45, 7) is 3.93. The number of alkyl halides is 3. The molecular formula is C16H23F3N2.